The molecule has 4 aliphatic carbocycles. The van der Waals surface area contributed by atoms with Crippen LogP contribution >= 0.6 is 11.6 Å². The van der Waals surface area contributed by atoms with Gasteiger partial charge >= 0.3 is 0 Å². The van der Waals surface area contributed by atoms with Crippen LogP contribution in [0.1, 0.15) is 46.5 Å². The number of carbonyl (C=O) groups is 2. The van der Waals surface area contributed by atoms with Crippen molar-refractivity contribution in [2.45, 2.75) is 52.1 Å². The molecule has 4 heteroatoms. The normalized spacial score (nSPS) is 46.8. The molecule has 3 nitrogen and oxygen atoms in total. The van der Waals surface area contributed by atoms with Crippen molar-refractivity contribution in [3.8, 4) is 0 Å². The van der Waals surface area contributed by atoms with E-state index >= 15 is 0 Å². The maximum absolute atomic E-state index is 12.6. The molecule has 4 rings (SSSR count). The van der Waals surface area contributed by atoms with Crippen LogP contribution in [0.3, 0.4) is 0 Å². The fraction of sp³-hybridized carbons (Fsp3) is 0.636. The van der Waals surface area contributed by atoms with Gasteiger partial charge in [0.2, 0.25) is 0 Å². The number of aliphatic hydroxyl groups is 1. The number of fused-ring (bicyclic) bond motifs is 5. The van der Waals surface area contributed by atoms with Crippen LogP contribution in [0.15, 0.2) is 35.5 Å². The lowest BCUT2D eigenvalue weighted by Crippen LogP contribution is -2.57. The quantitative estimate of drug-likeness (QED) is 0.587. The van der Waals surface area contributed by atoms with Crippen LogP contribution in [-0.4, -0.2) is 28.2 Å². The van der Waals surface area contributed by atoms with Crippen LogP contribution in [0.2, 0.25) is 0 Å². The standard InChI is InChI=1S/C22H27ClO3/c1-13-10-18-16-5-4-14-11-15(24)6-8-20(14,2)17(16)7-9-21(18,3)22(13,26)19(25)12-23/h6-8,11,13,16,18,26H,4-5,9-10,12H2,1-3H3/t13?,16-,18+,20+,21+,22+/m1/s1. The molecule has 0 aliphatic heterocycles. The molecule has 0 amide bonds. The van der Waals surface area contributed by atoms with Crippen molar-refractivity contribution in [3.63, 3.8) is 0 Å². The summed E-state index contributed by atoms with van der Waals surface area (Å²) in [6, 6.07) is 0. The molecule has 4 aliphatic rings. The summed E-state index contributed by atoms with van der Waals surface area (Å²) in [5, 5.41) is 11.5. The van der Waals surface area contributed by atoms with Crippen molar-refractivity contribution < 1.29 is 14.7 Å². The summed E-state index contributed by atoms with van der Waals surface area (Å²) in [5.41, 5.74) is 0.554. The number of hydrogen-bond acceptors (Lipinski definition) is 3. The lowest BCUT2D eigenvalue weighted by Gasteiger charge is -2.53. The van der Waals surface area contributed by atoms with Crippen molar-refractivity contribution in [1.29, 1.82) is 0 Å². The first-order valence-corrected chi connectivity index (χ1v) is 10.2. The Labute approximate surface area is 160 Å². The molecule has 1 N–H and O–H groups in total. The molecule has 2 saturated carbocycles. The number of ketones is 2. The van der Waals surface area contributed by atoms with Gasteiger partial charge in [0.15, 0.2) is 11.6 Å². The predicted molar refractivity (Wildman–Crippen MR) is 102 cm³/mol. The molecular formula is C22H27ClO3. The second-order valence-electron chi connectivity index (χ2n) is 9.10. The van der Waals surface area contributed by atoms with E-state index in [1.807, 2.05) is 6.92 Å². The lowest BCUT2D eigenvalue weighted by molar-refractivity contribution is -0.155. The molecule has 1 unspecified atom stereocenters. The van der Waals surface area contributed by atoms with Crippen molar-refractivity contribution in [2.24, 2.45) is 28.6 Å². The van der Waals surface area contributed by atoms with Gasteiger partial charge in [0, 0.05) is 10.8 Å². The minimum absolute atomic E-state index is 0.0775. The summed E-state index contributed by atoms with van der Waals surface area (Å²) >= 11 is 5.87. The molecule has 0 spiro atoms. The van der Waals surface area contributed by atoms with E-state index in [1.165, 1.54) is 11.1 Å². The Kier molecular flexibility index (Phi) is 3.95. The second kappa shape index (κ2) is 5.65. The van der Waals surface area contributed by atoms with E-state index in [9.17, 15) is 14.7 Å². The highest BCUT2D eigenvalue weighted by atomic mass is 35.5. The van der Waals surface area contributed by atoms with Gasteiger partial charge < -0.3 is 5.11 Å². The molecule has 0 aromatic heterocycles. The molecule has 0 saturated heterocycles. The SMILES string of the molecule is CC1C[C@H]2[C@@H]3CCC4=CC(=O)C=C[C@]4(C)C3=CC[C@]2(C)[C@@]1(O)C(=O)CCl. The van der Waals surface area contributed by atoms with E-state index in [4.69, 9.17) is 11.6 Å². The van der Waals surface area contributed by atoms with Gasteiger partial charge in [-0.05, 0) is 62.5 Å². The number of hydrogen-bond donors (Lipinski definition) is 1. The van der Waals surface area contributed by atoms with E-state index in [0.717, 1.165) is 19.3 Å². The summed E-state index contributed by atoms with van der Waals surface area (Å²) in [7, 11) is 0. The highest BCUT2D eigenvalue weighted by Gasteiger charge is 2.66. The van der Waals surface area contributed by atoms with Crippen LogP contribution < -0.4 is 0 Å². The Bertz CT molecular complexity index is 778. The van der Waals surface area contributed by atoms with Crippen molar-refractivity contribution in [3.05, 3.63) is 35.5 Å². The zero-order chi connectivity index (χ0) is 18.9. The topological polar surface area (TPSA) is 54.4 Å². The first kappa shape index (κ1) is 18.2. The molecule has 140 valence electrons. The van der Waals surface area contributed by atoms with E-state index in [1.54, 1.807) is 12.2 Å². The molecule has 6 atom stereocenters. The van der Waals surface area contributed by atoms with Gasteiger partial charge in [0.25, 0.3) is 0 Å². The monoisotopic (exact) mass is 374 g/mol. The number of allylic oxidation sites excluding steroid dienone is 6. The first-order chi connectivity index (χ1) is 12.2. The molecule has 0 aromatic rings. The number of carbonyl (C=O) groups excluding carboxylic acids is 2. The summed E-state index contributed by atoms with van der Waals surface area (Å²) in [6.07, 6.45) is 11.2. The third kappa shape index (κ3) is 2.05. The predicted octanol–water partition coefficient (Wildman–Crippen LogP) is 4.00. The molecule has 26 heavy (non-hydrogen) atoms. The Morgan fingerprint density at radius 2 is 2.12 bits per heavy atom. The van der Waals surface area contributed by atoms with Gasteiger partial charge in [0.1, 0.15) is 5.60 Å². The minimum Gasteiger partial charge on any atom is -0.381 e. The van der Waals surface area contributed by atoms with Crippen LogP contribution in [0.4, 0.5) is 0 Å². The summed E-state index contributed by atoms with van der Waals surface area (Å²) in [6.45, 7) is 6.27. The zero-order valence-corrected chi connectivity index (χ0v) is 16.5. The maximum atomic E-state index is 12.6. The molecule has 0 heterocycles. The van der Waals surface area contributed by atoms with Crippen LogP contribution in [0.25, 0.3) is 0 Å². The number of halogens is 1. The minimum atomic E-state index is -1.35. The van der Waals surface area contributed by atoms with Gasteiger partial charge in [-0.2, -0.15) is 0 Å². The zero-order valence-electron chi connectivity index (χ0n) is 15.7. The molecule has 2 fully saturated rings. The number of rotatable bonds is 2. The third-order valence-corrected chi connectivity index (χ3v) is 8.32. The Morgan fingerprint density at radius 3 is 2.81 bits per heavy atom. The Morgan fingerprint density at radius 1 is 1.38 bits per heavy atom. The second-order valence-corrected chi connectivity index (χ2v) is 9.37. The fourth-order valence-electron chi connectivity index (χ4n) is 6.56. The molecule has 0 bridgehead atoms. The first-order valence-electron chi connectivity index (χ1n) is 9.65. The summed E-state index contributed by atoms with van der Waals surface area (Å²) in [4.78, 5) is 24.5. The van der Waals surface area contributed by atoms with Gasteiger partial charge in [-0.15, -0.1) is 11.6 Å². The molecule has 0 aromatic carbocycles. The Balaban J connectivity index is 1.79. The fourth-order valence-corrected chi connectivity index (χ4v) is 6.77. The number of Topliss-reactive ketones (excluding diaryl/α,β-unsaturated/α-hetero) is 1. The smallest absolute Gasteiger partial charge is 0.179 e. The maximum Gasteiger partial charge on any atom is 0.179 e. The highest BCUT2D eigenvalue weighted by molar-refractivity contribution is 6.29. The van der Waals surface area contributed by atoms with Gasteiger partial charge in [-0.3, -0.25) is 9.59 Å². The average molecular weight is 375 g/mol. The van der Waals surface area contributed by atoms with E-state index in [2.05, 4.69) is 26.0 Å². The molecular weight excluding hydrogens is 348 g/mol. The lowest BCUT2D eigenvalue weighted by atomic mass is 9.51. The van der Waals surface area contributed by atoms with Crippen LogP contribution in [-0.2, 0) is 9.59 Å². The van der Waals surface area contributed by atoms with Crippen LogP contribution in [0, 0.1) is 28.6 Å². The van der Waals surface area contributed by atoms with Crippen molar-refractivity contribution in [2.75, 3.05) is 5.88 Å². The summed E-state index contributed by atoms with van der Waals surface area (Å²) < 4.78 is 0. The largest absolute Gasteiger partial charge is 0.381 e. The van der Waals surface area contributed by atoms with Crippen molar-refractivity contribution >= 4 is 23.2 Å². The summed E-state index contributed by atoms with van der Waals surface area (Å²) in [5.74, 6) is 0.213. The van der Waals surface area contributed by atoms with Crippen molar-refractivity contribution in [1.82, 2.24) is 0 Å². The average Bonchev–Trinajstić information content (AvgIpc) is 2.83. The van der Waals surface area contributed by atoms with E-state index < -0.39 is 11.0 Å². The van der Waals surface area contributed by atoms with Gasteiger partial charge in [0.05, 0.1) is 5.88 Å². The Hall–Kier alpha value is -1.19. The van der Waals surface area contributed by atoms with Gasteiger partial charge in [-0.1, -0.05) is 37.1 Å². The molecule has 0 radical (unpaired) electrons. The van der Waals surface area contributed by atoms with E-state index in [0.29, 0.717) is 12.3 Å². The van der Waals surface area contributed by atoms with Crippen LogP contribution in [0.5, 0.6) is 0 Å². The van der Waals surface area contributed by atoms with E-state index in [-0.39, 0.29) is 34.7 Å². The van der Waals surface area contributed by atoms with Gasteiger partial charge in [-0.25, -0.2) is 0 Å². The third-order valence-electron chi connectivity index (χ3n) is 8.08. The highest BCUT2D eigenvalue weighted by Crippen LogP contribution is 2.66. The number of alkyl halides is 1.